The van der Waals surface area contributed by atoms with Gasteiger partial charge in [-0.25, -0.2) is 0 Å². The minimum Gasteiger partial charge on any atom is -0.354 e. The Hall–Kier alpha value is -1.36. The van der Waals surface area contributed by atoms with Gasteiger partial charge in [0.2, 0.25) is 5.91 Å². The molecule has 17 heavy (non-hydrogen) atoms. The molecule has 0 saturated carbocycles. The summed E-state index contributed by atoms with van der Waals surface area (Å²) in [4.78, 5) is 11.7. The SMILES string of the molecule is CCC(C)C(N)C(=O)NCCc1ccnn1C. The van der Waals surface area contributed by atoms with Crippen molar-refractivity contribution in [2.45, 2.75) is 32.7 Å². The first kappa shape index (κ1) is 13.7. The van der Waals surface area contributed by atoms with Gasteiger partial charge in [0.15, 0.2) is 0 Å². The second-order valence-corrected chi connectivity index (χ2v) is 4.40. The number of rotatable bonds is 6. The highest BCUT2D eigenvalue weighted by atomic mass is 16.2. The lowest BCUT2D eigenvalue weighted by atomic mass is 9.99. The second kappa shape index (κ2) is 6.39. The van der Waals surface area contributed by atoms with Crippen LogP contribution in [0.1, 0.15) is 26.0 Å². The number of aryl methyl sites for hydroxylation is 1. The standard InChI is InChI=1S/C12H22N4O/c1-4-9(2)11(13)12(17)14-7-5-10-6-8-15-16(10)3/h6,8-9,11H,4-5,7,13H2,1-3H3,(H,14,17). The summed E-state index contributed by atoms with van der Waals surface area (Å²) in [7, 11) is 1.89. The highest BCUT2D eigenvalue weighted by Crippen LogP contribution is 2.05. The molecule has 1 aromatic rings. The van der Waals surface area contributed by atoms with E-state index in [9.17, 15) is 4.79 Å². The van der Waals surface area contributed by atoms with Gasteiger partial charge in [-0.05, 0) is 12.0 Å². The van der Waals surface area contributed by atoms with E-state index >= 15 is 0 Å². The summed E-state index contributed by atoms with van der Waals surface area (Å²) in [5.41, 5.74) is 6.93. The molecule has 0 aliphatic rings. The van der Waals surface area contributed by atoms with E-state index < -0.39 is 6.04 Å². The number of nitrogens with two attached hydrogens (primary N) is 1. The van der Waals surface area contributed by atoms with Crippen molar-refractivity contribution < 1.29 is 4.79 Å². The molecule has 0 fully saturated rings. The van der Waals surface area contributed by atoms with E-state index in [4.69, 9.17) is 5.73 Å². The molecule has 0 saturated heterocycles. The predicted octanol–water partition coefficient (Wildman–Crippen LogP) is 0.452. The average molecular weight is 238 g/mol. The van der Waals surface area contributed by atoms with E-state index in [0.717, 1.165) is 18.5 Å². The van der Waals surface area contributed by atoms with Gasteiger partial charge in [-0.15, -0.1) is 0 Å². The zero-order chi connectivity index (χ0) is 12.8. The van der Waals surface area contributed by atoms with Gasteiger partial charge in [0.25, 0.3) is 0 Å². The molecule has 2 atom stereocenters. The molecule has 0 aliphatic heterocycles. The van der Waals surface area contributed by atoms with Crippen LogP contribution in [0.25, 0.3) is 0 Å². The summed E-state index contributed by atoms with van der Waals surface area (Å²) in [5.74, 6) is 0.147. The number of amides is 1. The molecule has 0 bridgehead atoms. The smallest absolute Gasteiger partial charge is 0.237 e. The molecular formula is C12H22N4O. The Kier molecular flexibility index (Phi) is 5.15. The fraction of sp³-hybridized carbons (Fsp3) is 0.667. The number of nitrogens with one attached hydrogen (secondary N) is 1. The summed E-state index contributed by atoms with van der Waals surface area (Å²) in [6.45, 7) is 4.63. The van der Waals surface area contributed by atoms with Crippen molar-refractivity contribution in [1.82, 2.24) is 15.1 Å². The first-order valence-electron chi connectivity index (χ1n) is 6.06. The van der Waals surface area contributed by atoms with Crippen LogP contribution in [0.5, 0.6) is 0 Å². The number of aromatic nitrogens is 2. The minimum atomic E-state index is -0.411. The molecule has 0 spiro atoms. The van der Waals surface area contributed by atoms with Crippen molar-refractivity contribution in [2.24, 2.45) is 18.7 Å². The minimum absolute atomic E-state index is 0.0680. The van der Waals surface area contributed by atoms with Crippen molar-refractivity contribution in [3.8, 4) is 0 Å². The van der Waals surface area contributed by atoms with E-state index in [1.165, 1.54) is 0 Å². The first-order valence-corrected chi connectivity index (χ1v) is 6.06. The van der Waals surface area contributed by atoms with E-state index in [2.05, 4.69) is 10.4 Å². The molecule has 96 valence electrons. The molecule has 0 aromatic carbocycles. The quantitative estimate of drug-likeness (QED) is 0.756. The van der Waals surface area contributed by atoms with E-state index in [-0.39, 0.29) is 11.8 Å². The molecule has 1 aromatic heterocycles. The van der Waals surface area contributed by atoms with E-state index in [0.29, 0.717) is 6.54 Å². The third-order valence-corrected chi connectivity index (χ3v) is 3.16. The Morgan fingerprint density at radius 3 is 2.88 bits per heavy atom. The van der Waals surface area contributed by atoms with Crippen molar-refractivity contribution >= 4 is 5.91 Å². The number of carbonyl (C=O) groups is 1. The molecule has 3 N–H and O–H groups in total. The fourth-order valence-electron chi connectivity index (χ4n) is 1.59. The van der Waals surface area contributed by atoms with Crippen molar-refractivity contribution in [3.63, 3.8) is 0 Å². The monoisotopic (exact) mass is 238 g/mol. The van der Waals surface area contributed by atoms with Gasteiger partial charge in [0, 0.05) is 31.9 Å². The molecule has 1 amide bonds. The molecule has 1 heterocycles. The van der Waals surface area contributed by atoms with E-state index in [1.807, 2.05) is 27.0 Å². The second-order valence-electron chi connectivity index (χ2n) is 4.40. The number of carbonyl (C=O) groups excluding carboxylic acids is 1. The Morgan fingerprint density at radius 2 is 2.35 bits per heavy atom. The molecule has 1 rings (SSSR count). The summed E-state index contributed by atoms with van der Waals surface area (Å²) < 4.78 is 1.81. The van der Waals surface area contributed by atoms with Gasteiger partial charge in [-0.1, -0.05) is 20.3 Å². The summed E-state index contributed by atoms with van der Waals surface area (Å²) >= 11 is 0. The van der Waals surface area contributed by atoms with Gasteiger partial charge >= 0.3 is 0 Å². The van der Waals surface area contributed by atoms with Gasteiger partial charge in [-0.2, -0.15) is 5.10 Å². The van der Waals surface area contributed by atoms with Crippen molar-refractivity contribution in [1.29, 1.82) is 0 Å². The zero-order valence-electron chi connectivity index (χ0n) is 10.8. The van der Waals surface area contributed by atoms with Crippen LogP contribution in [0.2, 0.25) is 0 Å². The maximum absolute atomic E-state index is 11.7. The number of hydrogen-bond acceptors (Lipinski definition) is 3. The summed E-state index contributed by atoms with van der Waals surface area (Å²) in [5, 5.41) is 6.93. The lowest BCUT2D eigenvalue weighted by Crippen LogP contribution is -2.45. The topological polar surface area (TPSA) is 72.9 Å². The van der Waals surface area contributed by atoms with Gasteiger partial charge in [-0.3, -0.25) is 9.48 Å². The largest absolute Gasteiger partial charge is 0.354 e. The lowest BCUT2D eigenvalue weighted by molar-refractivity contribution is -0.123. The van der Waals surface area contributed by atoms with Crippen LogP contribution in [0, 0.1) is 5.92 Å². The van der Waals surface area contributed by atoms with Crippen LogP contribution in [0.4, 0.5) is 0 Å². The van der Waals surface area contributed by atoms with Gasteiger partial charge in [0.1, 0.15) is 0 Å². The molecule has 0 aliphatic carbocycles. The van der Waals surface area contributed by atoms with E-state index in [1.54, 1.807) is 10.9 Å². The van der Waals surface area contributed by atoms with Crippen LogP contribution in [-0.2, 0) is 18.3 Å². The molecular weight excluding hydrogens is 216 g/mol. The Balaban J connectivity index is 2.32. The van der Waals surface area contributed by atoms with Crippen LogP contribution < -0.4 is 11.1 Å². The summed E-state index contributed by atoms with van der Waals surface area (Å²) in [6, 6.07) is 1.53. The lowest BCUT2D eigenvalue weighted by Gasteiger charge is -2.17. The third-order valence-electron chi connectivity index (χ3n) is 3.16. The van der Waals surface area contributed by atoms with Crippen molar-refractivity contribution in [2.75, 3.05) is 6.54 Å². The third kappa shape index (κ3) is 3.85. The number of nitrogens with zero attached hydrogens (tertiary/aromatic N) is 2. The van der Waals surface area contributed by atoms with Crippen molar-refractivity contribution in [3.05, 3.63) is 18.0 Å². The number of hydrogen-bond donors (Lipinski definition) is 2. The normalized spacial score (nSPS) is 14.4. The van der Waals surface area contributed by atoms with Crippen LogP contribution in [-0.4, -0.2) is 28.3 Å². The molecule has 5 heteroatoms. The highest BCUT2D eigenvalue weighted by molar-refractivity contribution is 5.81. The maximum atomic E-state index is 11.7. The molecule has 2 unspecified atom stereocenters. The Morgan fingerprint density at radius 1 is 1.65 bits per heavy atom. The van der Waals surface area contributed by atoms with Crippen LogP contribution in [0.3, 0.4) is 0 Å². The first-order chi connectivity index (χ1) is 8.06. The van der Waals surface area contributed by atoms with Gasteiger partial charge < -0.3 is 11.1 Å². The molecule has 0 radical (unpaired) electrons. The average Bonchev–Trinajstić information content (AvgIpc) is 2.73. The predicted molar refractivity (Wildman–Crippen MR) is 67.4 cm³/mol. The Labute approximate surface area is 102 Å². The van der Waals surface area contributed by atoms with Crippen LogP contribution in [0.15, 0.2) is 12.3 Å². The molecule has 5 nitrogen and oxygen atoms in total. The van der Waals surface area contributed by atoms with Crippen LogP contribution >= 0.6 is 0 Å². The fourth-order valence-corrected chi connectivity index (χ4v) is 1.59. The maximum Gasteiger partial charge on any atom is 0.237 e. The zero-order valence-corrected chi connectivity index (χ0v) is 10.8. The summed E-state index contributed by atoms with van der Waals surface area (Å²) in [6.07, 6.45) is 3.44. The highest BCUT2D eigenvalue weighted by Gasteiger charge is 2.18. The van der Waals surface area contributed by atoms with Gasteiger partial charge in [0.05, 0.1) is 6.04 Å². The Bertz CT molecular complexity index is 361.